The number of rotatable bonds is 6. The fourth-order valence-corrected chi connectivity index (χ4v) is 6.03. The van der Waals surface area contributed by atoms with Crippen molar-refractivity contribution in [2.75, 3.05) is 13.1 Å². The highest BCUT2D eigenvalue weighted by Crippen LogP contribution is 2.61. The lowest BCUT2D eigenvalue weighted by molar-refractivity contribution is -0.120. The van der Waals surface area contributed by atoms with Crippen molar-refractivity contribution in [2.24, 2.45) is 23.2 Å². The van der Waals surface area contributed by atoms with Gasteiger partial charge in [-0.1, -0.05) is 12.1 Å². The van der Waals surface area contributed by atoms with Crippen LogP contribution in [0.15, 0.2) is 24.3 Å². The Balaban J connectivity index is 1.21. The van der Waals surface area contributed by atoms with Crippen molar-refractivity contribution in [1.29, 1.82) is 0 Å². The Kier molecular flexibility index (Phi) is 4.72. The first-order valence-corrected chi connectivity index (χ1v) is 9.82. The molecule has 0 atom stereocenters. The van der Waals surface area contributed by atoms with E-state index in [1.807, 2.05) is 0 Å². The van der Waals surface area contributed by atoms with Crippen LogP contribution in [0, 0.1) is 29.0 Å². The first-order chi connectivity index (χ1) is 12.5. The molecule has 4 aliphatic carbocycles. The van der Waals surface area contributed by atoms with E-state index in [1.54, 1.807) is 6.07 Å². The van der Waals surface area contributed by atoms with Crippen LogP contribution in [0.4, 0.5) is 4.39 Å². The fourth-order valence-electron chi connectivity index (χ4n) is 6.03. The third kappa shape index (κ3) is 3.62. The SMILES string of the molecule is O=C(CNC(=O)c1ccccc1F)NCCC12CC3CC(CC(C3)C1)C2. The van der Waals surface area contributed by atoms with E-state index in [2.05, 4.69) is 10.6 Å². The number of benzene rings is 1. The van der Waals surface area contributed by atoms with Crippen LogP contribution in [0.5, 0.6) is 0 Å². The minimum Gasteiger partial charge on any atom is -0.355 e. The van der Waals surface area contributed by atoms with Crippen molar-refractivity contribution >= 4 is 11.8 Å². The van der Waals surface area contributed by atoms with Crippen LogP contribution in [0.3, 0.4) is 0 Å². The summed E-state index contributed by atoms with van der Waals surface area (Å²) in [6.07, 6.45) is 9.31. The lowest BCUT2D eigenvalue weighted by atomic mass is 9.49. The molecule has 1 aromatic rings. The summed E-state index contributed by atoms with van der Waals surface area (Å²) in [7, 11) is 0. The molecule has 5 heteroatoms. The Labute approximate surface area is 153 Å². The van der Waals surface area contributed by atoms with E-state index in [4.69, 9.17) is 0 Å². The monoisotopic (exact) mass is 358 g/mol. The van der Waals surface area contributed by atoms with Gasteiger partial charge in [0.15, 0.2) is 0 Å². The summed E-state index contributed by atoms with van der Waals surface area (Å²) < 4.78 is 13.6. The molecule has 0 radical (unpaired) electrons. The van der Waals surface area contributed by atoms with Crippen LogP contribution in [0.2, 0.25) is 0 Å². The van der Waals surface area contributed by atoms with Crippen LogP contribution in [-0.2, 0) is 4.79 Å². The second kappa shape index (κ2) is 7.01. The highest BCUT2D eigenvalue weighted by atomic mass is 19.1. The van der Waals surface area contributed by atoms with Gasteiger partial charge in [-0.05, 0) is 80.2 Å². The van der Waals surface area contributed by atoms with E-state index in [1.165, 1.54) is 56.7 Å². The van der Waals surface area contributed by atoms with E-state index in [9.17, 15) is 14.0 Å². The van der Waals surface area contributed by atoms with Crippen molar-refractivity contribution in [1.82, 2.24) is 10.6 Å². The smallest absolute Gasteiger partial charge is 0.254 e. The summed E-state index contributed by atoms with van der Waals surface area (Å²) in [5.41, 5.74) is 0.409. The summed E-state index contributed by atoms with van der Waals surface area (Å²) in [6.45, 7) is 0.550. The maximum atomic E-state index is 13.6. The van der Waals surface area contributed by atoms with Crippen LogP contribution < -0.4 is 10.6 Å². The molecule has 4 aliphatic rings. The number of hydrogen-bond acceptors (Lipinski definition) is 2. The molecule has 1 aromatic carbocycles. The highest BCUT2D eigenvalue weighted by molar-refractivity contribution is 5.96. The van der Waals surface area contributed by atoms with Gasteiger partial charge in [0.05, 0.1) is 12.1 Å². The summed E-state index contributed by atoms with van der Waals surface area (Å²) in [5, 5.41) is 5.42. The normalized spacial score (nSPS) is 31.7. The van der Waals surface area contributed by atoms with Gasteiger partial charge in [-0.2, -0.15) is 0 Å². The summed E-state index contributed by atoms with van der Waals surface area (Å²) in [6, 6.07) is 5.78. The largest absolute Gasteiger partial charge is 0.355 e. The minimum absolute atomic E-state index is 0.0335. The molecule has 0 heterocycles. The van der Waals surface area contributed by atoms with Gasteiger partial charge in [0.25, 0.3) is 5.91 Å². The Morgan fingerprint density at radius 1 is 1.00 bits per heavy atom. The molecule has 4 bridgehead atoms. The topological polar surface area (TPSA) is 58.2 Å². The van der Waals surface area contributed by atoms with Crippen molar-refractivity contribution in [3.05, 3.63) is 35.6 Å². The molecule has 0 saturated heterocycles. The predicted molar refractivity (Wildman–Crippen MR) is 97.0 cm³/mol. The second-order valence-electron chi connectivity index (χ2n) is 8.68. The molecule has 0 spiro atoms. The molecule has 140 valence electrons. The van der Waals surface area contributed by atoms with Gasteiger partial charge in [0.1, 0.15) is 5.82 Å². The van der Waals surface area contributed by atoms with Crippen molar-refractivity contribution < 1.29 is 14.0 Å². The Hall–Kier alpha value is -1.91. The van der Waals surface area contributed by atoms with Gasteiger partial charge in [-0.25, -0.2) is 4.39 Å². The molecule has 0 aromatic heterocycles. The number of halogens is 1. The van der Waals surface area contributed by atoms with Crippen LogP contribution in [0.1, 0.15) is 55.3 Å². The van der Waals surface area contributed by atoms with Crippen molar-refractivity contribution in [3.63, 3.8) is 0 Å². The van der Waals surface area contributed by atoms with E-state index < -0.39 is 11.7 Å². The predicted octanol–water partition coefficient (Wildman–Crippen LogP) is 3.28. The zero-order chi connectivity index (χ0) is 18.1. The van der Waals surface area contributed by atoms with Gasteiger partial charge in [0.2, 0.25) is 5.91 Å². The van der Waals surface area contributed by atoms with Gasteiger partial charge < -0.3 is 10.6 Å². The Morgan fingerprint density at radius 3 is 2.23 bits per heavy atom. The van der Waals surface area contributed by atoms with E-state index >= 15 is 0 Å². The number of hydrogen-bond donors (Lipinski definition) is 2. The average molecular weight is 358 g/mol. The first-order valence-electron chi connectivity index (χ1n) is 9.82. The number of carbonyl (C=O) groups excluding carboxylic acids is 2. The third-order valence-electron chi connectivity index (χ3n) is 6.67. The second-order valence-corrected chi connectivity index (χ2v) is 8.68. The lowest BCUT2D eigenvalue weighted by Gasteiger charge is -2.57. The van der Waals surface area contributed by atoms with E-state index in [0.29, 0.717) is 12.0 Å². The quantitative estimate of drug-likeness (QED) is 0.820. The molecule has 2 N–H and O–H groups in total. The number of carbonyl (C=O) groups is 2. The summed E-state index contributed by atoms with van der Waals surface area (Å²) >= 11 is 0. The third-order valence-corrected chi connectivity index (χ3v) is 6.67. The molecule has 4 saturated carbocycles. The molecular weight excluding hydrogens is 331 g/mol. The van der Waals surface area contributed by atoms with Crippen molar-refractivity contribution in [2.45, 2.75) is 44.9 Å². The Bertz CT molecular complexity index is 668. The van der Waals surface area contributed by atoms with Crippen molar-refractivity contribution in [3.8, 4) is 0 Å². The average Bonchev–Trinajstić information content (AvgIpc) is 2.59. The minimum atomic E-state index is -0.577. The number of amides is 2. The zero-order valence-corrected chi connectivity index (χ0v) is 15.1. The van der Waals surface area contributed by atoms with Crippen LogP contribution in [0.25, 0.3) is 0 Å². The first kappa shape index (κ1) is 17.5. The zero-order valence-electron chi connectivity index (χ0n) is 15.1. The van der Waals surface area contributed by atoms with Gasteiger partial charge in [0, 0.05) is 6.54 Å². The van der Waals surface area contributed by atoms with Crippen LogP contribution >= 0.6 is 0 Å². The van der Waals surface area contributed by atoms with Gasteiger partial charge >= 0.3 is 0 Å². The van der Waals surface area contributed by atoms with E-state index in [-0.39, 0.29) is 18.0 Å². The summed E-state index contributed by atoms with van der Waals surface area (Å²) in [5.74, 6) is 1.40. The number of nitrogens with one attached hydrogen (secondary N) is 2. The highest BCUT2D eigenvalue weighted by Gasteiger charge is 2.50. The van der Waals surface area contributed by atoms with Gasteiger partial charge in [-0.15, -0.1) is 0 Å². The van der Waals surface area contributed by atoms with E-state index in [0.717, 1.165) is 24.2 Å². The maximum Gasteiger partial charge on any atom is 0.254 e. The summed E-state index contributed by atoms with van der Waals surface area (Å²) in [4.78, 5) is 24.0. The molecule has 5 rings (SSSR count). The molecule has 4 nitrogen and oxygen atoms in total. The molecule has 4 fully saturated rings. The molecule has 2 amide bonds. The fraction of sp³-hybridized carbons (Fsp3) is 0.619. The lowest BCUT2D eigenvalue weighted by Crippen LogP contribution is -2.47. The Morgan fingerprint density at radius 2 is 1.62 bits per heavy atom. The van der Waals surface area contributed by atoms with Crippen LogP contribution in [-0.4, -0.2) is 24.9 Å². The maximum absolute atomic E-state index is 13.6. The standard InChI is InChI=1S/C21H27FN2O2/c22-18-4-2-1-3-17(18)20(26)24-13-19(25)23-6-5-21-10-14-7-15(11-21)9-16(8-14)12-21/h1-4,14-16H,5-13H2,(H,23,25)(H,24,26). The molecule has 0 aliphatic heterocycles. The molecule has 0 unspecified atom stereocenters. The van der Waals surface area contributed by atoms with Gasteiger partial charge in [-0.3, -0.25) is 9.59 Å². The molecular formula is C21H27FN2O2. The molecule has 26 heavy (non-hydrogen) atoms.